The van der Waals surface area contributed by atoms with Gasteiger partial charge in [-0.1, -0.05) is 18.2 Å². The Bertz CT molecular complexity index is 951. The van der Waals surface area contributed by atoms with Crippen molar-refractivity contribution in [3.63, 3.8) is 0 Å². The van der Waals surface area contributed by atoms with Crippen LogP contribution in [-0.4, -0.2) is 39.3 Å². The maximum atomic E-state index is 12.6. The Morgan fingerprint density at radius 3 is 2.52 bits per heavy atom. The van der Waals surface area contributed by atoms with Gasteiger partial charge in [-0.15, -0.1) is 0 Å². The number of carbonyl (C=O) groups is 3. The molecular formula is C19H15NO6S. The lowest BCUT2D eigenvalue weighted by molar-refractivity contribution is -0.123. The third-order valence-electron chi connectivity index (χ3n) is 3.92. The largest absolute Gasteiger partial charge is 0.504 e. The predicted molar refractivity (Wildman–Crippen MR) is 99.6 cm³/mol. The molecule has 0 bridgehead atoms. The Kier molecular flexibility index (Phi) is 5.18. The SMILES string of the molecule is COc1cc(/C=C2/SC(=O)N(Cc3ccc(C(=O)O)cc3)C2=O)ccc1O. The van der Waals surface area contributed by atoms with Crippen LogP contribution in [-0.2, 0) is 11.3 Å². The van der Waals surface area contributed by atoms with Gasteiger partial charge >= 0.3 is 5.97 Å². The minimum absolute atomic E-state index is 0.0208. The third kappa shape index (κ3) is 3.95. The summed E-state index contributed by atoms with van der Waals surface area (Å²) < 4.78 is 5.03. The van der Waals surface area contributed by atoms with Crippen LogP contribution < -0.4 is 4.74 Å². The van der Waals surface area contributed by atoms with E-state index in [2.05, 4.69) is 0 Å². The van der Waals surface area contributed by atoms with E-state index in [-0.39, 0.29) is 28.5 Å². The summed E-state index contributed by atoms with van der Waals surface area (Å²) in [7, 11) is 1.42. The van der Waals surface area contributed by atoms with Crippen molar-refractivity contribution in [2.24, 2.45) is 0 Å². The summed E-state index contributed by atoms with van der Waals surface area (Å²) >= 11 is 0.823. The number of carboxylic acids is 1. The first kappa shape index (κ1) is 18.5. The van der Waals surface area contributed by atoms with Crippen LogP contribution in [0.4, 0.5) is 4.79 Å². The number of imide groups is 1. The molecule has 1 aliphatic heterocycles. The normalized spacial score (nSPS) is 15.4. The molecule has 1 saturated heterocycles. The molecule has 8 heteroatoms. The molecule has 3 rings (SSSR count). The number of thioether (sulfide) groups is 1. The number of aromatic carboxylic acids is 1. The number of ether oxygens (including phenoxy) is 1. The highest BCUT2D eigenvalue weighted by Gasteiger charge is 2.35. The number of aromatic hydroxyl groups is 1. The van der Waals surface area contributed by atoms with Crippen molar-refractivity contribution in [1.29, 1.82) is 0 Å². The van der Waals surface area contributed by atoms with Gasteiger partial charge in [0, 0.05) is 0 Å². The van der Waals surface area contributed by atoms with E-state index < -0.39 is 17.1 Å². The molecule has 7 nitrogen and oxygen atoms in total. The van der Waals surface area contributed by atoms with Gasteiger partial charge in [0.1, 0.15) is 0 Å². The van der Waals surface area contributed by atoms with E-state index in [1.54, 1.807) is 30.3 Å². The van der Waals surface area contributed by atoms with E-state index in [9.17, 15) is 19.5 Å². The van der Waals surface area contributed by atoms with Gasteiger partial charge in [0.05, 0.1) is 24.1 Å². The van der Waals surface area contributed by atoms with E-state index in [1.165, 1.54) is 25.3 Å². The number of rotatable bonds is 5. The minimum Gasteiger partial charge on any atom is -0.504 e. The van der Waals surface area contributed by atoms with Gasteiger partial charge in [0.25, 0.3) is 11.1 Å². The third-order valence-corrected chi connectivity index (χ3v) is 4.82. The molecule has 0 saturated carbocycles. The average molecular weight is 385 g/mol. The molecule has 138 valence electrons. The number of phenolic OH excluding ortho intramolecular Hbond substituents is 1. The smallest absolute Gasteiger partial charge is 0.335 e. The second-order valence-electron chi connectivity index (χ2n) is 5.70. The van der Waals surface area contributed by atoms with Crippen molar-refractivity contribution < 1.29 is 29.3 Å². The number of nitrogens with zero attached hydrogens (tertiary/aromatic N) is 1. The fourth-order valence-corrected chi connectivity index (χ4v) is 3.35. The van der Waals surface area contributed by atoms with Gasteiger partial charge in [-0.2, -0.15) is 0 Å². The first-order valence-corrected chi connectivity index (χ1v) is 8.65. The molecule has 0 unspecified atom stereocenters. The lowest BCUT2D eigenvalue weighted by atomic mass is 10.1. The first-order chi connectivity index (χ1) is 12.9. The molecular weight excluding hydrogens is 370 g/mol. The second kappa shape index (κ2) is 7.55. The number of amides is 2. The maximum Gasteiger partial charge on any atom is 0.335 e. The monoisotopic (exact) mass is 385 g/mol. The zero-order chi connectivity index (χ0) is 19.6. The Balaban J connectivity index is 1.79. The number of benzene rings is 2. The van der Waals surface area contributed by atoms with Gasteiger partial charge in [0.15, 0.2) is 11.5 Å². The summed E-state index contributed by atoms with van der Waals surface area (Å²) in [6.45, 7) is 0.0564. The molecule has 0 radical (unpaired) electrons. The first-order valence-electron chi connectivity index (χ1n) is 7.83. The van der Waals surface area contributed by atoms with Crippen LogP contribution in [0.1, 0.15) is 21.5 Å². The van der Waals surface area contributed by atoms with Crippen molar-refractivity contribution in [3.8, 4) is 11.5 Å². The highest BCUT2D eigenvalue weighted by atomic mass is 32.2. The fraction of sp³-hybridized carbons (Fsp3) is 0.105. The highest BCUT2D eigenvalue weighted by Crippen LogP contribution is 2.34. The minimum atomic E-state index is -1.04. The summed E-state index contributed by atoms with van der Waals surface area (Å²) in [5.41, 5.74) is 1.39. The highest BCUT2D eigenvalue weighted by molar-refractivity contribution is 8.18. The van der Waals surface area contributed by atoms with Crippen molar-refractivity contribution in [2.45, 2.75) is 6.54 Å². The fourth-order valence-electron chi connectivity index (χ4n) is 2.51. The van der Waals surface area contributed by atoms with Gasteiger partial charge < -0.3 is 14.9 Å². The zero-order valence-electron chi connectivity index (χ0n) is 14.2. The Morgan fingerprint density at radius 2 is 1.89 bits per heavy atom. The molecule has 1 heterocycles. The van der Waals surface area contributed by atoms with Crippen LogP contribution in [0.2, 0.25) is 0 Å². The Morgan fingerprint density at radius 1 is 1.19 bits per heavy atom. The number of carbonyl (C=O) groups excluding carboxylic acids is 2. The molecule has 2 N–H and O–H groups in total. The Hall–Kier alpha value is -3.26. The van der Waals surface area contributed by atoms with Gasteiger partial charge in [0.2, 0.25) is 0 Å². The van der Waals surface area contributed by atoms with Crippen LogP contribution in [0.5, 0.6) is 11.5 Å². The van der Waals surface area contributed by atoms with Crippen LogP contribution in [0.25, 0.3) is 6.08 Å². The molecule has 0 aliphatic carbocycles. The van der Waals surface area contributed by atoms with Crippen LogP contribution in [0.15, 0.2) is 47.4 Å². The summed E-state index contributed by atoms with van der Waals surface area (Å²) in [6, 6.07) is 10.6. The zero-order valence-corrected chi connectivity index (χ0v) is 15.0. The molecule has 2 aromatic rings. The molecule has 27 heavy (non-hydrogen) atoms. The molecule has 0 spiro atoms. The second-order valence-corrected chi connectivity index (χ2v) is 6.69. The number of hydrogen-bond acceptors (Lipinski definition) is 6. The summed E-state index contributed by atoms with van der Waals surface area (Å²) in [6.07, 6.45) is 1.56. The average Bonchev–Trinajstić information content (AvgIpc) is 2.91. The van der Waals surface area contributed by atoms with Crippen molar-refractivity contribution in [1.82, 2.24) is 4.90 Å². The molecule has 0 atom stereocenters. The van der Waals surface area contributed by atoms with E-state index in [0.29, 0.717) is 11.1 Å². The number of methoxy groups -OCH3 is 1. The van der Waals surface area contributed by atoms with Crippen LogP contribution in [0.3, 0.4) is 0 Å². The topological polar surface area (TPSA) is 104 Å². The van der Waals surface area contributed by atoms with Crippen molar-refractivity contribution >= 4 is 35.0 Å². The number of carboxylic acid groups (broad SMARTS) is 1. The van der Waals surface area contributed by atoms with Crippen LogP contribution in [0, 0.1) is 0 Å². The Labute approximate surface area is 158 Å². The van der Waals surface area contributed by atoms with E-state index >= 15 is 0 Å². The van der Waals surface area contributed by atoms with Gasteiger partial charge in [-0.3, -0.25) is 14.5 Å². The lowest BCUT2D eigenvalue weighted by Gasteiger charge is -2.12. The summed E-state index contributed by atoms with van der Waals surface area (Å²) in [4.78, 5) is 37.0. The van der Waals surface area contributed by atoms with E-state index in [1.807, 2.05) is 0 Å². The van der Waals surface area contributed by atoms with Gasteiger partial charge in [-0.05, 0) is 53.2 Å². The summed E-state index contributed by atoms with van der Waals surface area (Å²) in [5, 5.41) is 18.1. The molecule has 2 aromatic carbocycles. The standard InChI is InChI=1S/C19H15NO6S/c1-26-15-8-12(4-7-14(15)21)9-16-17(22)20(19(25)27-16)10-11-2-5-13(6-3-11)18(23)24/h2-9,21H,10H2,1H3,(H,23,24)/b16-9+. The summed E-state index contributed by atoms with van der Waals surface area (Å²) in [5.74, 6) is -1.23. The number of phenols is 1. The van der Waals surface area contributed by atoms with E-state index in [0.717, 1.165) is 16.7 Å². The maximum absolute atomic E-state index is 12.6. The van der Waals surface area contributed by atoms with E-state index in [4.69, 9.17) is 9.84 Å². The molecule has 1 aliphatic rings. The molecule has 1 fully saturated rings. The van der Waals surface area contributed by atoms with Crippen LogP contribution >= 0.6 is 11.8 Å². The number of hydrogen-bond donors (Lipinski definition) is 2. The quantitative estimate of drug-likeness (QED) is 0.761. The van der Waals surface area contributed by atoms with Crippen molar-refractivity contribution in [3.05, 3.63) is 64.1 Å². The lowest BCUT2D eigenvalue weighted by Crippen LogP contribution is -2.27. The van der Waals surface area contributed by atoms with Gasteiger partial charge in [-0.25, -0.2) is 4.79 Å². The van der Waals surface area contributed by atoms with Crippen molar-refractivity contribution in [2.75, 3.05) is 7.11 Å². The predicted octanol–water partition coefficient (Wildman–Crippen LogP) is 3.34. The molecule has 2 amide bonds. The molecule has 0 aromatic heterocycles.